The minimum absolute atomic E-state index is 1.14. The van der Waals surface area contributed by atoms with Gasteiger partial charge in [0.2, 0.25) is 11.2 Å². The quantitative estimate of drug-likeness (QED) is 0.499. The van der Waals surface area contributed by atoms with E-state index in [2.05, 4.69) is 83.4 Å². The molecule has 0 fully saturated rings. The van der Waals surface area contributed by atoms with Gasteiger partial charge in [0.15, 0.2) is 5.69 Å². The maximum absolute atomic E-state index is 4.29. The fourth-order valence-corrected chi connectivity index (χ4v) is 3.58. The summed E-state index contributed by atoms with van der Waals surface area (Å²) < 4.78 is 4.43. The lowest BCUT2D eigenvalue weighted by atomic mass is 10.00. The van der Waals surface area contributed by atoms with Crippen LogP contribution in [0.2, 0.25) is 0 Å². The Bertz CT molecular complexity index is 1090. The number of hydrogen-bond acceptors (Lipinski definition) is 1. The molecular formula is C22H22N3+. The largest absolute Gasteiger partial charge is 0.334 e. The van der Waals surface area contributed by atoms with E-state index in [9.17, 15) is 0 Å². The standard InChI is InChI=1S/C22H22N3/c1-15-11-19(22-13-23-14-24(22)4)17(3)21(12-15)25-16(2)9-10-18-7-5-6-8-20(18)25/h5-14H,1-4H3/q+1. The molecule has 0 amide bonds. The van der Waals surface area contributed by atoms with Crippen LogP contribution in [0.1, 0.15) is 16.8 Å². The molecule has 3 heteroatoms. The number of aromatic nitrogens is 3. The molecule has 2 aromatic carbocycles. The highest BCUT2D eigenvalue weighted by Crippen LogP contribution is 2.28. The summed E-state index contributed by atoms with van der Waals surface area (Å²) in [5.74, 6) is 0. The third kappa shape index (κ3) is 2.52. The van der Waals surface area contributed by atoms with Gasteiger partial charge in [-0.05, 0) is 37.6 Å². The van der Waals surface area contributed by atoms with Crippen molar-refractivity contribution in [2.75, 3.05) is 0 Å². The number of aryl methyl sites for hydroxylation is 3. The molecule has 0 saturated carbocycles. The lowest BCUT2D eigenvalue weighted by Crippen LogP contribution is -2.36. The molecular weight excluding hydrogens is 306 g/mol. The number of hydrogen-bond donors (Lipinski definition) is 0. The summed E-state index contributed by atoms with van der Waals surface area (Å²) in [7, 11) is 2.04. The predicted molar refractivity (Wildman–Crippen MR) is 102 cm³/mol. The van der Waals surface area contributed by atoms with E-state index < -0.39 is 0 Å². The Morgan fingerprint density at radius 1 is 0.960 bits per heavy atom. The first-order valence-electron chi connectivity index (χ1n) is 8.55. The molecule has 4 aromatic rings. The second-order valence-corrected chi connectivity index (χ2v) is 6.72. The van der Waals surface area contributed by atoms with Crippen molar-refractivity contribution in [3.05, 3.63) is 77.9 Å². The molecule has 0 N–H and O–H groups in total. The molecule has 0 saturated heterocycles. The fraction of sp³-hybridized carbons (Fsp3) is 0.182. The summed E-state index contributed by atoms with van der Waals surface area (Å²) in [6, 6.07) is 17.4. The lowest BCUT2D eigenvalue weighted by molar-refractivity contribution is -0.574. The maximum Gasteiger partial charge on any atom is 0.218 e. The lowest BCUT2D eigenvalue weighted by Gasteiger charge is -2.12. The van der Waals surface area contributed by atoms with Crippen molar-refractivity contribution in [3.63, 3.8) is 0 Å². The van der Waals surface area contributed by atoms with Crippen molar-refractivity contribution in [2.45, 2.75) is 20.8 Å². The van der Waals surface area contributed by atoms with Gasteiger partial charge in [-0.1, -0.05) is 12.1 Å². The van der Waals surface area contributed by atoms with Crippen LogP contribution in [0.15, 0.2) is 61.1 Å². The molecule has 25 heavy (non-hydrogen) atoms. The minimum atomic E-state index is 1.14. The zero-order valence-electron chi connectivity index (χ0n) is 15.1. The predicted octanol–water partition coefficient (Wildman–Crippen LogP) is 4.44. The number of para-hydroxylation sites is 1. The average Bonchev–Trinajstić information content (AvgIpc) is 3.03. The van der Waals surface area contributed by atoms with Gasteiger partial charge in [-0.3, -0.25) is 0 Å². The highest BCUT2D eigenvalue weighted by atomic mass is 15.0. The van der Waals surface area contributed by atoms with Gasteiger partial charge < -0.3 is 4.57 Å². The van der Waals surface area contributed by atoms with E-state index in [0.29, 0.717) is 0 Å². The SMILES string of the molecule is Cc1cc(-c2cncn2C)c(C)c(-[n+]2c(C)ccc3ccccc32)c1. The number of fused-ring (bicyclic) bond motifs is 1. The summed E-state index contributed by atoms with van der Waals surface area (Å²) >= 11 is 0. The Hall–Kier alpha value is -2.94. The topological polar surface area (TPSA) is 21.7 Å². The number of rotatable bonds is 2. The van der Waals surface area contributed by atoms with Gasteiger partial charge in [0.1, 0.15) is 0 Å². The van der Waals surface area contributed by atoms with Crippen LogP contribution < -0.4 is 4.57 Å². The zero-order chi connectivity index (χ0) is 17.6. The molecule has 0 aliphatic heterocycles. The van der Waals surface area contributed by atoms with Crippen molar-refractivity contribution in [1.82, 2.24) is 9.55 Å². The highest BCUT2D eigenvalue weighted by molar-refractivity contribution is 5.76. The van der Waals surface area contributed by atoms with E-state index >= 15 is 0 Å². The van der Waals surface area contributed by atoms with E-state index in [1.807, 2.05) is 19.6 Å². The molecule has 124 valence electrons. The Morgan fingerprint density at radius 2 is 1.76 bits per heavy atom. The first kappa shape index (κ1) is 15.6. The third-order valence-electron chi connectivity index (χ3n) is 4.89. The second kappa shape index (κ2) is 5.85. The molecule has 0 unspecified atom stereocenters. The van der Waals surface area contributed by atoms with Crippen LogP contribution in [0.4, 0.5) is 0 Å². The average molecular weight is 328 g/mol. The molecule has 2 aromatic heterocycles. The number of nitrogens with zero attached hydrogens (tertiary/aromatic N) is 3. The molecule has 0 aliphatic carbocycles. The molecule has 2 heterocycles. The van der Waals surface area contributed by atoms with E-state index in [1.165, 1.54) is 39.0 Å². The highest BCUT2D eigenvalue weighted by Gasteiger charge is 2.21. The van der Waals surface area contributed by atoms with Crippen LogP contribution in [0.25, 0.3) is 27.8 Å². The van der Waals surface area contributed by atoms with Gasteiger partial charge in [0, 0.05) is 48.7 Å². The number of pyridine rings is 1. The van der Waals surface area contributed by atoms with Crippen LogP contribution in [0, 0.1) is 20.8 Å². The van der Waals surface area contributed by atoms with E-state index in [-0.39, 0.29) is 0 Å². The molecule has 0 aliphatic rings. The summed E-state index contributed by atoms with van der Waals surface area (Å²) in [5, 5.41) is 1.25. The molecule has 4 rings (SSSR count). The van der Waals surface area contributed by atoms with Crippen molar-refractivity contribution in [3.8, 4) is 16.9 Å². The number of imidazole rings is 1. The van der Waals surface area contributed by atoms with Crippen LogP contribution in [-0.2, 0) is 7.05 Å². The first-order valence-corrected chi connectivity index (χ1v) is 8.55. The van der Waals surface area contributed by atoms with Crippen LogP contribution in [0.5, 0.6) is 0 Å². The maximum atomic E-state index is 4.29. The van der Waals surface area contributed by atoms with E-state index in [1.54, 1.807) is 0 Å². The number of benzene rings is 2. The van der Waals surface area contributed by atoms with Crippen molar-refractivity contribution in [1.29, 1.82) is 0 Å². The van der Waals surface area contributed by atoms with Gasteiger partial charge in [-0.25, -0.2) is 4.98 Å². The van der Waals surface area contributed by atoms with Gasteiger partial charge in [-0.2, -0.15) is 4.57 Å². The normalized spacial score (nSPS) is 11.2. The summed E-state index contributed by atoms with van der Waals surface area (Å²) in [5.41, 5.74) is 8.56. The molecule has 0 spiro atoms. The van der Waals surface area contributed by atoms with Crippen molar-refractivity contribution < 1.29 is 4.57 Å². The van der Waals surface area contributed by atoms with Gasteiger partial charge in [0.25, 0.3) is 0 Å². The van der Waals surface area contributed by atoms with Crippen LogP contribution >= 0.6 is 0 Å². The van der Waals surface area contributed by atoms with E-state index in [0.717, 1.165) is 5.69 Å². The smallest absolute Gasteiger partial charge is 0.218 e. The van der Waals surface area contributed by atoms with Crippen molar-refractivity contribution >= 4 is 10.9 Å². The minimum Gasteiger partial charge on any atom is -0.334 e. The van der Waals surface area contributed by atoms with Crippen molar-refractivity contribution in [2.24, 2.45) is 7.05 Å². The molecule has 0 radical (unpaired) electrons. The Balaban J connectivity index is 2.07. The Labute approximate surface area is 148 Å². The van der Waals surface area contributed by atoms with Gasteiger partial charge in [-0.15, -0.1) is 0 Å². The second-order valence-electron chi connectivity index (χ2n) is 6.72. The van der Waals surface area contributed by atoms with Crippen LogP contribution in [0.3, 0.4) is 0 Å². The first-order chi connectivity index (χ1) is 12.1. The molecule has 0 atom stereocenters. The molecule has 3 nitrogen and oxygen atoms in total. The van der Waals surface area contributed by atoms with Gasteiger partial charge in [0.05, 0.1) is 18.2 Å². The van der Waals surface area contributed by atoms with E-state index in [4.69, 9.17) is 0 Å². The molecule has 0 bridgehead atoms. The fourth-order valence-electron chi connectivity index (χ4n) is 3.58. The van der Waals surface area contributed by atoms with Gasteiger partial charge >= 0.3 is 0 Å². The Morgan fingerprint density at radius 3 is 2.52 bits per heavy atom. The third-order valence-corrected chi connectivity index (χ3v) is 4.89. The summed E-state index contributed by atoms with van der Waals surface area (Å²) in [4.78, 5) is 4.29. The Kier molecular flexibility index (Phi) is 3.65. The monoisotopic (exact) mass is 328 g/mol. The summed E-state index contributed by atoms with van der Waals surface area (Å²) in [6.45, 7) is 6.52. The summed E-state index contributed by atoms with van der Waals surface area (Å²) in [6.07, 6.45) is 3.79. The van der Waals surface area contributed by atoms with Crippen LogP contribution in [-0.4, -0.2) is 9.55 Å². The zero-order valence-corrected chi connectivity index (χ0v) is 15.1.